The molecule has 0 saturated carbocycles. The van der Waals surface area contributed by atoms with Crippen molar-refractivity contribution in [2.24, 2.45) is 5.10 Å². The summed E-state index contributed by atoms with van der Waals surface area (Å²) in [5, 5.41) is 4.12. The third-order valence-corrected chi connectivity index (χ3v) is 4.31. The molecule has 3 aromatic carbocycles. The monoisotopic (exact) mass is 358 g/mol. The zero-order valence-corrected chi connectivity index (χ0v) is 14.5. The van der Waals surface area contributed by atoms with E-state index in [0.29, 0.717) is 11.5 Å². The van der Waals surface area contributed by atoms with Crippen molar-refractivity contribution in [1.82, 2.24) is 5.43 Å². The molecule has 1 amide bonds. The van der Waals surface area contributed by atoms with Gasteiger partial charge in [0.1, 0.15) is 0 Å². The van der Waals surface area contributed by atoms with E-state index >= 15 is 0 Å². The van der Waals surface area contributed by atoms with Gasteiger partial charge in [-0.3, -0.25) is 4.79 Å². The van der Waals surface area contributed by atoms with E-state index in [9.17, 15) is 4.79 Å². The average molecular weight is 358 g/mol. The van der Waals surface area contributed by atoms with E-state index in [1.54, 1.807) is 6.21 Å². The Balaban J connectivity index is 1.52. The van der Waals surface area contributed by atoms with Crippen molar-refractivity contribution >= 4 is 12.1 Å². The van der Waals surface area contributed by atoms with Gasteiger partial charge in [0.15, 0.2) is 11.5 Å². The molecule has 1 heterocycles. The molecule has 5 nitrogen and oxygen atoms in total. The quantitative estimate of drug-likeness (QED) is 0.559. The van der Waals surface area contributed by atoms with Gasteiger partial charge >= 0.3 is 0 Å². The number of carbonyl (C=O) groups is 1. The lowest BCUT2D eigenvalue weighted by atomic mass is 9.91. The fourth-order valence-electron chi connectivity index (χ4n) is 3.01. The molecule has 0 bridgehead atoms. The molecule has 0 radical (unpaired) electrons. The summed E-state index contributed by atoms with van der Waals surface area (Å²) in [5.74, 6) is 0.770. The first kappa shape index (κ1) is 16.8. The van der Waals surface area contributed by atoms with Crippen LogP contribution in [0.1, 0.15) is 22.6 Å². The van der Waals surface area contributed by atoms with Crippen LogP contribution in [0.15, 0.2) is 84.0 Å². The molecule has 3 aromatic rings. The Kier molecular flexibility index (Phi) is 4.83. The number of hydrogen-bond acceptors (Lipinski definition) is 4. The molecule has 0 atom stereocenters. The molecular weight excluding hydrogens is 340 g/mol. The van der Waals surface area contributed by atoms with Gasteiger partial charge in [0.2, 0.25) is 6.79 Å². The number of ether oxygens (including phenoxy) is 2. The normalized spacial score (nSPS) is 12.5. The van der Waals surface area contributed by atoms with E-state index in [2.05, 4.69) is 10.5 Å². The number of carbonyl (C=O) groups excluding carboxylic acids is 1. The van der Waals surface area contributed by atoms with Crippen molar-refractivity contribution < 1.29 is 14.3 Å². The van der Waals surface area contributed by atoms with Crippen LogP contribution in [-0.4, -0.2) is 18.9 Å². The molecule has 0 saturated heterocycles. The summed E-state index contributed by atoms with van der Waals surface area (Å²) in [6, 6.07) is 24.8. The molecule has 0 aromatic heterocycles. The first-order valence-electron chi connectivity index (χ1n) is 8.64. The van der Waals surface area contributed by atoms with Gasteiger partial charge in [0, 0.05) is 0 Å². The van der Waals surface area contributed by atoms with Crippen LogP contribution >= 0.6 is 0 Å². The number of nitrogens with zero attached hydrogens (tertiary/aromatic N) is 1. The summed E-state index contributed by atoms with van der Waals surface area (Å²) in [6.45, 7) is 0.225. The lowest BCUT2D eigenvalue weighted by molar-refractivity contribution is -0.121. The molecule has 0 spiro atoms. The molecule has 1 N–H and O–H groups in total. The smallest absolute Gasteiger partial charge is 0.252 e. The topological polar surface area (TPSA) is 59.9 Å². The van der Waals surface area contributed by atoms with E-state index in [1.807, 2.05) is 78.9 Å². The van der Waals surface area contributed by atoms with Gasteiger partial charge in [-0.25, -0.2) is 5.43 Å². The third-order valence-electron chi connectivity index (χ3n) is 4.31. The lowest BCUT2D eigenvalue weighted by Crippen LogP contribution is -2.26. The Labute approximate surface area is 157 Å². The number of benzene rings is 3. The van der Waals surface area contributed by atoms with E-state index in [1.165, 1.54) is 0 Å². The van der Waals surface area contributed by atoms with Gasteiger partial charge < -0.3 is 9.47 Å². The minimum absolute atomic E-state index is 0.190. The number of hydrazone groups is 1. The number of rotatable bonds is 5. The second-order valence-corrected chi connectivity index (χ2v) is 6.10. The SMILES string of the molecule is O=C(NN=Cc1ccc2c(c1)OCO2)C(c1ccccc1)c1ccccc1. The minimum Gasteiger partial charge on any atom is -0.454 e. The summed E-state index contributed by atoms with van der Waals surface area (Å²) in [5.41, 5.74) is 5.30. The molecule has 134 valence electrons. The molecule has 1 aliphatic rings. The van der Waals surface area contributed by atoms with Gasteiger partial charge in [-0.15, -0.1) is 0 Å². The molecule has 4 rings (SSSR count). The maximum atomic E-state index is 12.9. The highest BCUT2D eigenvalue weighted by Crippen LogP contribution is 2.32. The van der Waals surface area contributed by atoms with Gasteiger partial charge in [0.05, 0.1) is 12.1 Å². The van der Waals surface area contributed by atoms with E-state index in [-0.39, 0.29) is 12.7 Å². The zero-order valence-electron chi connectivity index (χ0n) is 14.5. The van der Waals surface area contributed by atoms with Crippen LogP contribution in [0.5, 0.6) is 11.5 Å². The third kappa shape index (κ3) is 3.82. The molecule has 0 aliphatic carbocycles. The fourth-order valence-corrected chi connectivity index (χ4v) is 3.01. The van der Waals surface area contributed by atoms with Crippen LogP contribution < -0.4 is 14.9 Å². The summed E-state index contributed by atoms with van der Waals surface area (Å²) in [6.07, 6.45) is 1.59. The molecule has 1 aliphatic heterocycles. The van der Waals surface area contributed by atoms with Gasteiger partial charge in [-0.1, -0.05) is 60.7 Å². The predicted molar refractivity (Wildman–Crippen MR) is 103 cm³/mol. The standard InChI is InChI=1S/C22H18N2O3/c25-22(24-23-14-16-11-12-19-20(13-16)27-15-26-19)21(17-7-3-1-4-8-17)18-9-5-2-6-10-18/h1-14,21H,15H2,(H,24,25). The summed E-state index contributed by atoms with van der Waals surface area (Å²) in [4.78, 5) is 12.9. The number of nitrogens with one attached hydrogen (secondary N) is 1. The Morgan fingerprint density at radius 2 is 1.52 bits per heavy atom. The highest BCUT2D eigenvalue weighted by Gasteiger charge is 2.22. The summed E-state index contributed by atoms with van der Waals surface area (Å²) < 4.78 is 10.6. The van der Waals surface area contributed by atoms with Crippen molar-refractivity contribution in [3.05, 3.63) is 95.6 Å². The number of fused-ring (bicyclic) bond motifs is 1. The summed E-state index contributed by atoms with van der Waals surface area (Å²) in [7, 11) is 0. The maximum Gasteiger partial charge on any atom is 0.252 e. The van der Waals surface area contributed by atoms with E-state index in [0.717, 1.165) is 16.7 Å². The van der Waals surface area contributed by atoms with Crippen LogP contribution in [0.25, 0.3) is 0 Å². The largest absolute Gasteiger partial charge is 0.454 e. The van der Waals surface area contributed by atoms with Crippen molar-refractivity contribution in [3.63, 3.8) is 0 Å². The molecule has 0 fully saturated rings. The molecule has 5 heteroatoms. The Bertz CT molecular complexity index is 916. The van der Waals surface area contributed by atoms with E-state index < -0.39 is 5.92 Å². The Morgan fingerprint density at radius 1 is 0.889 bits per heavy atom. The maximum absolute atomic E-state index is 12.9. The summed E-state index contributed by atoms with van der Waals surface area (Å²) >= 11 is 0. The first-order chi connectivity index (χ1) is 13.3. The fraction of sp³-hybridized carbons (Fsp3) is 0.0909. The zero-order chi connectivity index (χ0) is 18.5. The van der Waals surface area contributed by atoms with Crippen molar-refractivity contribution in [2.75, 3.05) is 6.79 Å². The highest BCUT2D eigenvalue weighted by molar-refractivity contribution is 5.88. The number of amides is 1. The van der Waals surface area contributed by atoms with Crippen LogP contribution in [0.2, 0.25) is 0 Å². The molecule has 0 unspecified atom stereocenters. The minimum atomic E-state index is -0.429. The van der Waals surface area contributed by atoms with Crippen LogP contribution in [0.3, 0.4) is 0 Å². The van der Waals surface area contributed by atoms with Gasteiger partial charge in [-0.05, 0) is 34.9 Å². The van der Waals surface area contributed by atoms with Crippen LogP contribution in [0, 0.1) is 0 Å². The first-order valence-corrected chi connectivity index (χ1v) is 8.64. The van der Waals surface area contributed by atoms with Gasteiger partial charge in [-0.2, -0.15) is 5.10 Å². The van der Waals surface area contributed by atoms with E-state index in [4.69, 9.17) is 9.47 Å². The van der Waals surface area contributed by atoms with Crippen LogP contribution in [-0.2, 0) is 4.79 Å². The van der Waals surface area contributed by atoms with Crippen molar-refractivity contribution in [1.29, 1.82) is 0 Å². The van der Waals surface area contributed by atoms with Gasteiger partial charge in [0.25, 0.3) is 5.91 Å². The lowest BCUT2D eigenvalue weighted by Gasteiger charge is -2.16. The number of hydrogen-bond donors (Lipinski definition) is 1. The second-order valence-electron chi connectivity index (χ2n) is 6.10. The second kappa shape index (κ2) is 7.74. The van der Waals surface area contributed by atoms with Crippen molar-refractivity contribution in [3.8, 4) is 11.5 Å². The average Bonchev–Trinajstić information content (AvgIpc) is 3.18. The Morgan fingerprint density at radius 3 is 2.19 bits per heavy atom. The molecular formula is C22H18N2O3. The van der Waals surface area contributed by atoms with Crippen molar-refractivity contribution in [2.45, 2.75) is 5.92 Å². The molecule has 27 heavy (non-hydrogen) atoms. The predicted octanol–water partition coefficient (Wildman–Crippen LogP) is 3.70. The highest BCUT2D eigenvalue weighted by atomic mass is 16.7. The van der Waals surface area contributed by atoms with Crippen LogP contribution in [0.4, 0.5) is 0 Å². The Hall–Kier alpha value is -3.60.